The summed E-state index contributed by atoms with van der Waals surface area (Å²) < 4.78 is 5.35. The monoisotopic (exact) mass is 412 g/mol. The lowest BCUT2D eigenvalue weighted by molar-refractivity contribution is 0.415. The van der Waals surface area contributed by atoms with Gasteiger partial charge in [0, 0.05) is 48.1 Å². The molecule has 3 heterocycles. The zero-order chi connectivity index (χ0) is 21.0. The first-order chi connectivity index (χ1) is 15.3. The quantitative estimate of drug-likeness (QED) is 0.296. The van der Waals surface area contributed by atoms with Crippen LogP contribution in [0.5, 0.6) is 5.75 Å². The Kier molecular flexibility index (Phi) is 5.14. The molecule has 4 N–H and O–H groups in total. The number of H-pyrrole nitrogens is 2. The van der Waals surface area contributed by atoms with Crippen molar-refractivity contribution in [1.29, 1.82) is 0 Å². The fourth-order valence-corrected chi connectivity index (χ4v) is 3.75. The summed E-state index contributed by atoms with van der Waals surface area (Å²) in [5.74, 6) is 2.27. The van der Waals surface area contributed by atoms with Gasteiger partial charge in [-0.1, -0.05) is 6.07 Å². The van der Waals surface area contributed by atoms with Gasteiger partial charge in [-0.25, -0.2) is 4.98 Å². The lowest BCUT2D eigenvalue weighted by Gasteiger charge is -2.09. The third kappa shape index (κ3) is 4.16. The predicted molar refractivity (Wildman–Crippen MR) is 125 cm³/mol. The molecule has 0 aliphatic carbocycles. The van der Waals surface area contributed by atoms with Crippen LogP contribution in [-0.2, 0) is 13.0 Å². The van der Waals surface area contributed by atoms with E-state index in [-0.39, 0.29) is 0 Å². The maximum absolute atomic E-state index is 5.35. The van der Waals surface area contributed by atoms with E-state index in [0.29, 0.717) is 12.5 Å². The summed E-state index contributed by atoms with van der Waals surface area (Å²) in [5, 5.41) is 9.09. The van der Waals surface area contributed by atoms with E-state index in [2.05, 4.69) is 67.1 Å². The predicted octanol–water partition coefficient (Wildman–Crippen LogP) is 4.71. The van der Waals surface area contributed by atoms with Crippen molar-refractivity contribution in [3.63, 3.8) is 0 Å². The van der Waals surface area contributed by atoms with Gasteiger partial charge < -0.3 is 25.3 Å². The lowest BCUT2D eigenvalue weighted by atomic mass is 10.1. The number of methoxy groups -OCH3 is 1. The second-order valence-electron chi connectivity index (χ2n) is 7.42. The standard InChI is InChI=1S/C24H24N6O/c1-31-19-3-5-22-20(13-19)18(15-28-22)7-10-26-23-8-11-27-24(30-23)29-14-16-2-4-21-17(12-16)6-9-25-21/h2-6,8-9,11-13,15,25,28H,7,10,14H2,1H3,(H2,26,27,29,30). The largest absolute Gasteiger partial charge is 0.497 e. The van der Waals surface area contributed by atoms with Crippen molar-refractivity contribution in [2.75, 3.05) is 24.3 Å². The number of rotatable bonds is 8. The first-order valence-corrected chi connectivity index (χ1v) is 10.3. The fraction of sp³-hybridized carbons (Fsp3) is 0.167. The molecule has 0 radical (unpaired) electrons. The Hall–Kier alpha value is -4.00. The summed E-state index contributed by atoms with van der Waals surface area (Å²) in [7, 11) is 1.69. The van der Waals surface area contributed by atoms with Gasteiger partial charge in [0.1, 0.15) is 11.6 Å². The SMILES string of the molecule is COc1ccc2[nH]cc(CCNc3ccnc(NCc4ccc5[nH]ccc5c4)n3)c2c1. The van der Waals surface area contributed by atoms with Crippen LogP contribution in [0.15, 0.2) is 67.1 Å². The summed E-state index contributed by atoms with van der Waals surface area (Å²) in [6.07, 6.45) is 6.65. The highest BCUT2D eigenvalue weighted by molar-refractivity contribution is 5.84. The molecule has 5 aromatic rings. The number of benzene rings is 2. The summed E-state index contributed by atoms with van der Waals surface area (Å²) in [6, 6.07) is 16.4. The van der Waals surface area contributed by atoms with Crippen molar-refractivity contribution >= 4 is 33.6 Å². The second-order valence-corrected chi connectivity index (χ2v) is 7.42. The molecule has 3 aromatic heterocycles. The van der Waals surface area contributed by atoms with Crippen LogP contribution < -0.4 is 15.4 Å². The number of anilines is 2. The topological polar surface area (TPSA) is 90.6 Å². The van der Waals surface area contributed by atoms with Crippen LogP contribution in [-0.4, -0.2) is 33.6 Å². The molecule has 0 saturated carbocycles. The van der Waals surface area contributed by atoms with E-state index in [9.17, 15) is 0 Å². The van der Waals surface area contributed by atoms with E-state index in [4.69, 9.17) is 4.74 Å². The molecule has 31 heavy (non-hydrogen) atoms. The Morgan fingerprint density at radius 3 is 2.84 bits per heavy atom. The summed E-state index contributed by atoms with van der Waals surface area (Å²) >= 11 is 0. The average Bonchev–Trinajstić information content (AvgIpc) is 3.44. The van der Waals surface area contributed by atoms with E-state index >= 15 is 0 Å². The number of nitrogens with zero attached hydrogens (tertiary/aromatic N) is 2. The Morgan fingerprint density at radius 1 is 0.968 bits per heavy atom. The molecule has 0 saturated heterocycles. The van der Waals surface area contributed by atoms with Gasteiger partial charge in [-0.15, -0.1) is 0 Å². The van der Waals surface area contributed by atoms with Crippen molar-refractivity contribution in [1.82, 2.24) is 19.9 Å². The van der Waals surface area contributed by atoms with Crippen LogP contribution >= 0.6 is 0 Å². The first kappa shape index (κ1) is 19.0. The van der Waals surface area contributed by atoms with E-state index in [1.54, 1.807) is 13.3 Å². The van der Waals surface area contributed by atoms with Crippen molar-refractivity contribution in [2.24, 2.45) is 0 Å². The van der Waals surface area contributed by atoms with Gasteiger partial charge >= 0.3 is 0 Å². The third-order valence-corrected chi connectivity index (χ3v) is 5.40. The van der Waals surface area contributed by atoms with Crippen LogP contribution in [0.2, 0.25) is 0 Å². The molecular formula is C24H24N6O. The molecular weight excluding hydrogens is 388 g/mol. The Morgan fingerprint density at radius 2 is 1.90 bits per heavy atom. The second kappa shape index (κ2) is 8.39. The molecule has 0 atom stereocenters. The number of fused-ring (bicyclic) bond motifs is 2. The van der Waals surface area contributed by atoms with Gasteiger partial charge in [0.05, 0.1) is 7.11 Å². The van der Waals surface area contributed by atoms with Crippen molar-refractivity contribution in [2.45, 2.75) is 13.0 Å². The van der Waals surface area contributed by atoms with Crippen molar-refractivity contribution in [3.05, 3.63) is 78.2 Å². The number of hydrogen-bond acceptors (Lipinski definition) is 5. The summed E-state index contributed by atoms with van der Waals surface area (Å²) in [4.78, 5) is 15.4. The van der Waals surface area contributed by atoms with Gasteiger partial charge in [0.15, 0.2) is 0 Å². The van der Waals surface area contributed by atoms with E-state index in [1.807, 2.05) is 24.4 Å². The maximum Gasteiger partial charge on any atom is 0.224 e. The Balaban J connectivity index is 1.19. The van der Waals surface area contributed by atoms with Gasteiger partial charge in [-0.3, -0.25) is 0 Å². The molecule has 7 nitrogen and oxygen atoms in total. The van der Waals surface area contributed by atoms with E-state index in [1.165, 1.54) is 21.9 Å². The van der Waals surface area contributed by atoms with Crippen LogP contribution in [0.4, 0.5) is 11.8 Å². The maximum atomic E-state index is 5.35. The van der Waals surface area contributed by atoms with Crippen LogP contribution in [0.1, 0.15) is 11.1 Å². The Bertz CT molecular complexity index is 1320. The van der Waals surface area contributed by atoms with E-state index in [0.717, 1.165) is 35.6 Å². The lowest BCUT2D eigenvalue weighted by Crippen LogP contribution is -2.09. The number of nitrogens with one attached hydrogen (secondary N) is 4. The molecule has 5 rings (SSSR count). The highest BCUT2D eigenvalue weighted by atomic mass is 16.5. The number of hydrogen-bond donors (Lipinski definition) is 4. The molecule has 0 spiro atoms. The van der Waals surface area contributed by atoms with Crippen molar-refractivity contribution in [3.8, 4) is 5.75 Å². The highest BCUT2D eigenvalue weighted by Crippen LogP contribution is 2.24. The minimum Gasteiger partial charge on any atom is -0.497 e. The first-order valence-electron chi connectivity index (χ1n) is 10.3. The van der Waals surface area contributed by atoms with Crippen molar-refractivity contribution < 1.29 is 4.74 Å². The molecule has 0 unspecified atom stereocenters. The highest BCUT2D eigenvalue weighted by Gasteiger charge is 2.06. The van der Waals surface area contributed by atoms with Crippen LogP contribution in [0.3, 0.4) is 0 Å². The van der Waals surface area contributed by atoms with Gasteiger partial charge in [-0.05, 0) is 65.4 Å². The van der Waals surface area contributed by atoms with Crippen LogP contribution in [0, 0.1) is 0 Å². The van der Waals surface area contributed by atoms with Gasteiger partial charge in [-0.2, -0.15) is 4.98 Å². The number of ether oxygens (including phenoxy) is 1. The zero-order valence-electron chi connectivity index (χ0n) is 17.3. The van der Waals surface area contributed by atoms with Crippen LogP contribution in [0.25, 0.3) is 21.8 Å². The van der Waals surface area contributed by atoms with Gasteiger partial charge in [0.2, 0.25) is 5.95 Å². The third-order valence-electron chi connectivity index (χ3n) is 5.40. The molecule has 0 aliphatic rings. The molecule has 2 aromatic carbocycles. The normalized spacial score (nSPS) is 11.1. The minimum atomic E-state index is 0.607. The molecule has 0 amide bonds. The zero-order valence-corrected chi connectivity index (χ0v) is 17.3. The molecule has 7 heteroatoms. The minimum absolute atomic E-state index is 0.607. The molecule has 0 fully saturated rings. The molecule has 156 valence electrons. The fourth-order valence-electron chi connectivity index (χ4n) is 3.75. The Labute approximate surface area is 179 Å². The summed E-state index contributed by atoms with van der Waals surface area (Å²) in [5.41, 5.74) is 4.68. The molecule has 0 aliphatic heterocycles. The molecule has 0 bridgehead atoms. The number of aromatic nitrogens is 4. The summed E-state index contributed by atoms with van der Waals surface area (Å²) in [6.45, 7) is 1.44. The van der Waals surface area contributed by atoms with Gasteiger partial charge in [0.25, 0.3) is 0 Å². The average molecular weight is 412 g/mol. The smallest absolute Gasteiger partial charge is 0.224 e. The van der Waals surface area contributed by atoms with E-state index < -0.39 is 0 Å². The number of aromatic amines is 2.